The van der Waals surface area contributed by atoms with E-state index in [-0.39, 0.29) is 18.8 Å². The first-order valence-electron chi connectivity index (χ1n) is 10.7. The number of hydrogen-bond acceptors (Lipinski definition) is 10. The highest BCUT2D eigenvalue weighted by Crippen LogP contribution is 2.26. The smallest absolute Gasteiger partial charge is 0.296 e. The number of aromatic nitrogens is 3. The summed E-state index contributed by atoms with van der Waals surface area (Å²) in [5, 5.41) is 61.2. The quantitative estimate of drug-likeness (QED) is 0.177. The molecule has 1 aromatic heterocycles. The first kappa shape index (κ1) is 24.0. The molecular formula is C20H30N6O6. The van der Waals surface area contributed by atoms with Gasteiger partial charge < -0.3 is 25.7 Å². The van der Waals surface area contributed by atoms with Crippen molar-refractivity contribution in [1.29, 1.82) is 0 Å². The zero-order valence-corrected chi connectivity index (χ0v) is 17.7. The van der Waals surface area contributed by atoms with Crippen LogP contribution in [0.25, 0.3) is 5.69 Å². The van der Waals surface area contributed by atoms with Crippen molar-refractivity contribution in [3.63, 3.8) is 0 Å². The number of aliphatic hydroxyl groups is 4. The molecule has 1 aliphatic rings. The first-order valence-corrected chi connectivity index (χ1v) is 10.7. The van der Waals surface area contributed by atoms with Crippen LogP contribution < -0.4 is 5.32 Å². The number of anilines is 1. The summed E-state index contributed by atoms with van der Waals surface area (Å²) < 4.78 is 1.35. The molecule has 1 aliphatic heterocycles. The number of nitro groups is 1. The Morgan fingerprint density at radius 3 is 2.62 bits per heavy atom. The molecule has 12 heteroatoms. The Balaban J connectivity index is 1.40. The number of hydrogen-bond donors (Lipinski definition) is 5. The van der Waals surface area contributed by atoms with Crippen LogP contribution in [-0.2, 0) is 0 Å². The number of piperidine rings is 1. The van der Waals surface area contributed by atoms with E-state index in [9.17, 15) is 30.5 Å². The monoisotopic (exact) mass is 450 g/mol. The maximum Gasteiger partial charge on any atom is 0.296 e. The lowest BCUT2D eigenvalue weighted by molar-refractivity contribution is -0.384. The molecule has 0 aliphatic carbocycles. The van der Waals surface area contributed by atoms with E-state index in [0.29, 0.717) is 24.5 Å². The zero-order valence-electron chi connectivity index (χ0n) is 17.7. The topological polar surface area (TPSA) is 170 Å². The minimum atomic E-state index is -1.24. The van der Waals surface area contributed by atoms with Gasteiger partial charge in [0, 0.05) is 24.8 Å². The summed E-state index contributed by atoms with van der Waals surface area (Å²) in [4.78, 5) is 12.8. The summed E-state index contributed by atoms with van der Waals surface area (Å²) in [6.07, 6.45) is 3.09. The van der Waals surface area contributed by atoms with Gasteiger partial charge in [-0.25, -0.2) is 4.68 Å². The van der Waals surface area contributed by atoms with E-state index in [1.807, 2.05) is 4.90 Å². The van der Waals surface area contributed by atoms with Gasteiger partial charge >= 0.3 is 0 Å². The molecule has 1 aromatic carbocycles. The normalized spacial score (nSPS) is 23.9. The molecule has 4 atom stereocenters. The van der Waals surface area contributed by atoms with Crippen molar-refractivity contribution in [1.82, 2.24) is 19.9 Å². The molecule has 0 saturated carbocycles. The van der Waals surface area contributed by atoms with Gasteiger partial charge in [-0.1, -0.05) is 18.1 Å². The fourth-order valence-electron chi connectivity index (χ4n) is 3.97. The predicted molar refractivity (Wildman–Crippen MR) is 115 cm³/mol. The fourth-order valence-corrected chi connectivity index (χ4v) is 3.97. The highest BCUT2D eigenvalue weighted by Gasteiger charge is 2.40. The van der Waals surface area contributed by atoms with Crippen LogP contribution in [0.3, 0.4) is 0 Å². The molecule has 0 radical (unpaired) electrons. The third-order valence-corrected chi connectivity index (χ3v) is 5.76. The Kier molecular flexibility index (Phi) is 8.47. The average Bonchev–Trinajstić information content (AvgIpc) is 3.31. The lowest BCUT2D eigenvalue weighted by Gasteiger charge is -2.43. The molecule has 0 bridgehead atoms. The van der Waals surface area contributed by atoms with E-state index in [1.165, 1.54) is 16.9 Å². The molecule has 1 saturated heterocycles. The predicted octanol–water partition coefficient (Wildman–Crippen LogP) is -0.0930. The molecule has 1 fully saturated rings. The van der Waals surface area contributed by atoms with Crippen LogP contribution in [0, 0.1) is 10.1 Å². The summed E-state index contributed by atoms with van der Waals surface area (Å²) in [7, 11) is 0. The largest absolute Gasteiger partial charge is 0.395 e. The number of nitrogens with one attached hydrogen (secondary N) is 1. The summed E-state index contributed by atoms with van der Waals surface area (Å²) in [5.74, 6) is 0. The van der Waals surface area contributed by atoms with Gasteiger partial charge in [-0.3, -0.25) is 15.0 Å². The van der Waals surface area contributed by atoms with Crippen molar-refractivity contribution in [2.24, 2.45) is 0 Å². The molecule has 3 rings (SSSR count). The molecule has 176 valence electrons. The fraction of sp³-hybridized carbons (Fsp3) is 0.600. The number of likely N-dealkylation sites (tertiary alicyclic amines) is 1. The van der Waals surface area contributed by atoms with Gasteiger partial charge in [-0.2, -0.15) is 0 Å². The Morgan fingerprint density at radius 2 is 1.94 bits per heavy atom. The van der Waals surface area contributed by atoms with Crippen molar-refractivity contribution in [3.05, 3.63) is 40.7 Å². The number of benzene rings is 1. The summed E-state index contributed by atoms with van der Waals surface area (Å²) in [5.41, 5.74) is 0.941. The minimum Gasteiger partial charge on any atom is -0.395 e. The molecule has 5 N–H and O–H groups in total. The number of unbranched alkanes of at least 4 members (excludes halogenated alkanes) is 3. The zero-order chi connectivity index (χ0) is 23.1. The Hall–Kier alpha value is -2.64. The summed E-state index contributed by atoms with van der Waals surface area (Å²) in [6.45, 7) is 1.20. The van der Waals surface area contributed by atoms with Gasteiger partial charge in [-0.05, 0) is 31.5 Å². The number of aliphatic hydroxyl groups excluding tert-OH is 4. The second-order valence-electron chi connectivity index (χ2n) is 7.94. The number of β-amino-alcohol motifs (C(OH)–C–C–N with tert-alkyl or cyclic N) is 1. The van der Waals surface area contributed by atoms with Gasteiger partial charge in [0.25, 0.3) is 5.69 Å². The van der Waals surface area contributed by atoms with E-state index in [0.717, 1.165) is 25.7 Å². The third-order valence-electron chi connectivity index (χ3n) is 5.76. The van der Waals surface area contributed by atoms with Crippen LogP contribution in [0.4, 0.5) is 11.4 Å². The highest BCUT2D eigenvalue weighted by atomic mass is 16.6. The molecule has 0 unspecified atom stereocenters. The lowest BCUT2D eigenvalue weighted by Crippen LogP contribution is -2.62. The molecule has 12 nitrogen and oxygen atoms in total. The van der Waals surface area contributed by atoms with Crippen LogP contribution in [0.15, 0.2) is 30.6 Å². The number of nitro benzene ring substituents is 1. The molecule has 32 heavy (non-hydrogen) atoms. The van der Waals surface area contributed by atoms with Crippen LogP contribution in [0.5, 0.6) is 0 Å². The summed E-state index contributed by atoms with van der Waals surface area (Å²) in [6, 6.07) is 4.30. The number of nitrogens with zero attached hydrogens (tertiary/aromatic N) is 5. The van der Waals surface area contributed by atoms with Crippen LogP contribution in [0.2, 0.25) is 0 Å². The Bertz CT molecular complexity index is 866. The van der Waals surface area contributed by atoms with E-state index in [4.69, 9.17) is 0 Å². The Labute approximate surface area is 185 Å². The Morgan fingerprint density at radius 1 is 1.16 bits per heavy atom. The highest BCUT2D eigenvalue weighted by molar-refractivity contribution is 5.61. The van der Waals surface area contributed by atoms with E-state index in [2.05, 4.69) is 15.6 Å². The van der Waals surface area contributed by atoms with Gasteiger partial charge in [0.1, 0.15) is 17.9 Å². The van der Waals surface area contributed by atoms with Crippen molar-refractivity contribution in [3.8, 4) is 5.69 Å². The van der Waals surface area contributed by atoms with Gasteiger partial charge in [0.15, 0.2) is 0 Å². The second kappa shape index (κ2) is 11.3. The van der Waals surface area contributed by atoms with Crippen LogP contribution in [0.1, 0.15) is 25.7 Å². The number of rotatable bonds is 11. The van der Waals surface area contributed by atoms with E-state index >= 15 is 0 Å². The van der Waals surface area contributed by atoms with Crippen molar-refractivity contribution in [2.75, 3.05) is 31.6 Å². The molecule has 2 aromatic rings. The maximum atomic E-state index is 11.4. The standard InChI is InChI=1S/C20H30N6O6/c27-13-17-19(29)20(30)18(28)12-24(17)9-4-2-1-3-7-21-14-5-6-15(16(11-14)26(31)32)25-10-8-22-23-25/h5-6,8,10-11,17-21,27-30H,1-4,7,9,12-13H2/t17-,18+,19-,20-/m1/s1. The minimum absolute atomic E-state index is 0.0602. The van der Waals surface area contributed by atoms with E-state index < -0.39 is 29.3 Å². The second-order valence-corrected chi connectivity index (χ2v) is 7.94. The van der Waals surface area contributed by atoms with Crippen LogP contribution in [-0.4, -0.2) is 95.8 Å². The van der Waals surface area contributed by atoms with Gasteiger partial charge in [0.05, 0.1) is 36.1 Å². The van der Waals surface area contributed by atoms with Crippen LogP contribution >= 0.6 is 0 Å². The first-order chi connectivity index (χ1) is 15.4. The van der Waals surface area contributed by atoms with Crippen molar-refractivity contribution >= 4 is 11.4 Å². The molecule has 0 amide bonds. The lowest BCUT2D eigenvalue weighted by atomic mass is 9.94. The maximum absolute atomic E-state index is 11.4. The molecule has 0 spiro atoms. The average molecular weight is 450 g/mol. The SMILES string of the molecule is O=[N+]([O-])c1cc(NCCCCCCN2C[C@H](O)[C@@H](O)[C@H](O)[C@H]2CO)ccc1-n1ccnn1. The van der Waals surface area contributed by atoms with Gasteiger partial charge in [0.2, 0.25) is 0 Å². The van der Waals surface area contributed by atoms with Crippen molar-refractivity contribution < 1.29 is 25.3 Å². The van der Waals surface area contributed by atoms with Crippen molar-refractivity contribution in [2.45, 2.75) is 50.0 Å². The molecule has 2 heterocycles. The van der Waals surface area contributed by atoms with E-state index in [1.54, 1.807) is 18.3 Å². The molecular weight excluding hydrogens is 420 g/mol. The summed E-state index contributed by atoms with van der Waals surface area (Å²) >= 11 is 0. The van der Waals surface area contributed by atoms with Gasteiger partial charge in [-0.15, -0.1) is 5.10 Å². The third kappa shape index (κ3) is 5.78.